The van der Waals surface area contributed by atoms with Crippen LogP contribution >= 0.6 is 0 Å². The van der Waals surface area contributed by atoms with Gasteiger partial charge in [-0.15, -0.1) is 0 Å². The Labute approximate surface area is 148 Å². The van der Waals surface area contributed by atoms with Crippen LogP contribution in [0, 0.1) is 0 Å². The molecule has 0 aliphatic heterocycles. The van der Waals surface area contributed by atoms with Gasteiger partial charge in [0.1, 0.15) is 12.4 Å². The molecule has 2 aromatic carbocycles. The zero-order valence-electron chi connectivity index (χ0n) is 14.8. The van der Waals surface area contributed by atoms with Gasteiger partial charge in [0.05, 0.1) is 20.8 Å². The topological polar surface area (TPSA) is 68.8 Å². The third kappa shape index (κ3) is 5.31. The molecule has 6 heteroatoms. The average Bonchev–Trinajstić information content (AvgIpc) is 2.65. The van der Waals surface area contributed by atoms with Crippen molar-refractivity contribution in [2.45, 2.75) is 13.3 Å². The van der Waals surface area contributed by atoms with Crippen LogP contribution in [0.4, 0.5) is 10.5 Å². The summed E-state index contributed by atoms with van der Waals surface area (Å²) in [7, 11) is 3.11. The van der Waals surface area contributed by atoms with Gasteiger partial charge in [-0.25, -0.2) is 4.79 Å². The van der Waals surface area contributed by atoms with Gasteiger partial charge < -0.3 is 24.8 Å². The van der Waals surface area contributed by atoms with E-state index in [2.05, 4.69) is 17.6 Å². The van der Waals surface area contributed by atoms with Crippen molar-refractivity contribution >= 4 is 11.7 Å². The van der Waals surface area contributed by atoms with Gasteiger partial charge in [-0.1, -0.05) is 25.1 Å². The number of benzene rings is 2. The SMILES string of the molecule is CCc1ccccc1OCCNC(=O)Nc1ccc(OC)c(OC)c1. The fraction of sp³-hybridized carbons (Fsp3) is 0.316. The van der Waals surface area contributed by atoms with E-state index < -0.39 is 0 Å². The minimum Gasteiger partial charge on any atom is -0.493 e. The van der Waals surface area contributed by atoms with Gasteiger partial charge in [-0.2, -0.15) is 0 Å². The lowest BCUT2D eigenvalue weighted by atomic mass is 10.1. The smallest absolute Gasteiger partial charge is 0.319 e. The third-order valence-electron chi connectivity index (χ3n) is 3.64. The molecule has 6 nitrogen and oxygen atoms in total. The predicted molar refractivity (Wildman–Crippen MR) is 97.9 cm³/mol. The lowest BCUT2D eigenvalue weighted by Gasteiger charge is -2.12. The Morgan fingerprint density at radius 3 is 2.48 bits per heavy atom. The number of carbonyl (C=O) groups is 1. The zero-order valence-corrected chi connectivity index (χ0v) is 14.8. The number of nitrogens with one attached hydrogen (secondary N) is 2. The first-order valence-electron chi connectivity index (χ1n) is 8.15. The number of hydrogen-bond donors (Lipinski definition) is 2. The highest BCUT2D eigenvalue weighted by Gasteiger charge is 2.07. The summed E-state index contributed by atoms with van der Waals surface area (Å²) in [5.74, 6) is 2.02. The quantitative estimate of drug-likeness (QED) is 0.720. The first kappa shape index (κ1) is 18.4. The normalized spacial score (nSPS) is 10.0. The van der Waals surface area contributed by atoms with Crippen LogP contribution in [-0.4, -0.2) is 33.4 Å². The molecule has 0 aliphatic carbocycles. The summed E-state index contributed by atoms with van der Waals surface area (Å²) in [6.45, 7) is 2.88. The average molecular weight is 344 g/mol. The summed E-state index contributed by atoms with van der Waals surface area (Å²) in [4.78, 5) is 12.0. The molecule has 0 radical (unpaired) electrons. The largest absolute Gasteiger partial charge is 0.493 e. The molecular formula is C19H24N2O4. The summed E-state index contributed by atoms with van der Waals surface area (Å²) in [5, 5.41) is 5.51. The van der Waals surface area contributed by atoms with Crippen molar-refractivity contribution in [3.8, 4) is 17.2 Å². The van der Waals surface area contributed by atoms with E-state index in [1.54, 1.807) is 32.4 Å². The van der Waals surface area contributed by atoms with Crippen molar-refractivity contribution in [3.05, 3.63) is 48.0 Å². The molecule has 0 saturated carbocycles. The molecule has 25 heavy (non-hydrogen) atoms. The lowest BCUT2D eigenvalue weighted by Crippen LogP contribution is -2.32. The number of carbonyl (C=O) groups excluding carboxylic acids is 1. The van der Waals surface area contributed by atoms with E-state index in [9.17, 15) is 4.79 Å². The Morgan fingerprint density at radius 1 is 1.00 bits per heavy atom. The second-order valence-corrected chi connectivity index (χ2v) is 5.26. The summed E-state index contributed by atoms with van der Waals surface area (Å²) in [5.41, 5.74) is 1.77. The molecule has 0 saturated heterocycles. The molecule has 0 aliphatic rings. The molecule has 0 atom stereocenters. The number of amides is 2. The molecule has 0 spiro atoms. The molecule has 0 bridgehead atoms. The first-order valence-corrected chi connectivity index (χ1v) is 8.15. The Morgan fingerprint density at radius 2 is 1.76 bits per heavy atom. The Kier molecular flexibility index (Phi) is 6.95. The van der Waals surface area contributed by atoms with Crippen molar-refractivity contribution in [1.82, 2.24) is 5.32 Å². The van der Waals surface area contributed by atoms with E-state index in [0.29, 0.717) is 30.3 Å². The molecule has 2 amide bonds. The molecule has 0 unspecified atom stereocenters. The second-order valence-electron chi connectivity index (χ2n) is 5.26. The van der Waals surface area contributed by atoms with Crippen molar-refractivity contribution < 1.29 is 19.0 Å². The molecule has 0 aromatic heterocycles. The van der Waals surface area contributed by atoms with Crippen LogP contribution in [-0.2, 0) is 6.42 Å². The van der Waals surface area contributed by atoms with E-state index >= 15 is 0 Å². The monoisotopic (exact) mass is 344 g/mol. The highest BCUT2D eigenvalue weighted by Crippen LogP contribution is 2.29. The molecule has 0 fully saturated rings. The van der Waals surface area contributed by atoms with Crippen LogP contribution < -0.4 is 24.8 Å². The van der Waals surface area contributed by atoms with Gasteiger partial charge in [0.2, 0.25) is 0 Å². The van der Waals surface area contributed by atoms with Crippen LogP contribution in [0.3, 0.4) is 0 Å². The van der Waals surface area contributed by atoms with Crippen LogP contribution in [0.15, 0.2) is 42.5 Å². The van der Waals surface area contributed by atoms with E-state index in [0.717, 1.165) is 17.7 Å². The van der Waals surface area contributed by atoms with Gasteiger partial charge in [-0.3, -0.25) is 0 Å². The second kappa shape index (κ2) is 9.42. The lowest BCUT2D eigenvalue weighted by molar-refractivity contribution is 0.247. The number of urea groups is 1. The number of anilines is 1. The summed E-state index contributed by atoms with van der Waals surface area (Å²) in [6, 6.07) is 12.8. The Bertz CT molecular complexity index is 704. The fourth-order valence-electron chi connectivity index (χ4n) is 2.35. The zero-order chi connectivity index (χ0) is 18.1. The minimum atomic E-state index is -0.306. The maximum Gasteiger partial charge on any atom is 0.319 e. The van der Waals surface area contributed by atoms with E-state index in [4.69, 9.17) is 14.2 Å². The van der Waals surface area contributed by atoms with Gasteiger partial charge in [0, 0.05) is 11.8 Å². The standard InChI is InChI=1S/C19H24N2O4/c1-4-14-7-5-6-8-16(14)25-12-11-20-19(22)21-15-9-10-17(23-2)18(13-15)24-3/h5-10,13H,4,11-12H2,1-3H3,(H2,20,21,22). The Balaban J connectivity index is 1.79. The number of methoxy groups -OCH3 is 2. The van der Waals surface area contributed by atoms with Crippen LogP contribution in [0.5, 0.6) is 17.2 Å². The van der Waals surface area contributed by atoms with Crippen molar-refractivity contribution in [1.29, 1.82) is 0 Å². The summed E-state index contributed by atoms with van der Waals surface area (Å²) >= 11 is 0. The van der Waals surface area contributed by atoms with E-state index in [-0.39, 0.29) is 6.03 Å². The van der Waals surface area contributed by atoms with Gasteiger partial charge in [0.15, 0.2) is 11.5 Å². The maximum absolute atomic E-state index is 12.0. The van der Waals surface area contributed by atoms with Crippen molar-refractivity contribution in [2.75, 3.05) is 32.7 Å². The Hall–Kier alpha value is -2.89. The van der Waals surface area contributed by atoms with Crippen LogP contribution in [0.1, 0.15) is 12.5 Å². The maximum atomic E-state index is 12.0. The van der Waals surface area contributed by atoms with E-state index in [1.165, 1.54) is 0 Å². The van der Waals surface area contributed by atoms with Crippen LogP contribution in [0.2, 0.25) is 0 Å². The molecule has 0 heterocycles. The number of rotatable bonds is 8. The van der Waals surface area contributed by atoms with E-state index in [1.807, 2.05) is 24.3 Å². The van der Waals surface area contributed by atoms with Gasteiger partial charge in [0.25, 0.3) is 0 Å². The van der Waals surface area contributed by atoms with Crippen molar-refractivity contribution in [3.63, 3.8) is 0 Å². The highest BCUT2D eigenvalue weighted by atomic mass is 16.5. The van der Waals surface area contributed by atoms with Crippen LogP contribution in [0.25, 0.3) is 0 Å². The fourth-order valence-corrected chi connectivity index (χ4v) is 2.35. The van der Waals surface area contributed by atoms with Gasteiger partial charge >= 0.3 is 6.03 Å². The minimum absolute atomic E-state index is 0.306. The van der Waals surface area contributed by atoms with Crippen molar-refractivity contribution in [2.24, 2.45) is 0 Å². The summed E-state index contributed by atoms with van der Waals surface area (Å²) in [6.07, 6.45) is 0.906. The molecule has 2 rings (SSSR count). The van der Waals surface area contributed by atoms with Gasteiger partial charge in [-0.05, 0) is 30.2 Å². The molecular weight excluding hydrogens is 320 g/mol. The number of hydrogen-bond acceptors (Lipinski definition) is 4. The first-order chi connectivity index (χ1) is 12.2. The number of para-hydroxylation sites is 1. The number of aryl methyl sites for hydroxylation is 1. The predicted octanol–water partition coefficient (Wildman–Crippen LogP) is 3.47. The molecule has 2 aromatic rings. The highest BCUT2D eigenvalue weighted by molar-refractivity contribution is 5.89. The third-order valence-corrected chi connectivity index (χ3v) is 3.64. The number of ether oxygens (including phenoxy) is 3. The molecule has 134 valence electrons. The summed E-state index contributed by atoms with van der Waals surface area (Å²) < 4.78 is 16.1. The molecule has 2 N–H and O–H groups in total.